The van der Waals surface area contributed by atoms with Crippen molar-refractivity contribution >= 4 is 45.2 Å². The molecule has 5 nitrogen and oxygen atoms in total. The van der Waals surface area contributed by atoms with Crippen molar-refractivity contribution in [2.75, 3.05) is 9.80 Å². The zero-order valence-corrected chi connectivity index (χ0v) is 38.3. The van der Waals surface area contributed by atoms with Crippen LogP contribution in [0.4, 0.5) is 34.4 Å². The van der Waals surface area contributed by atoms with E-state index in [1.165, 1.54) is 44.8 Å². The van der Waals surface area contributed by atoms with E-state index in [0.29, 0.717) is 17.6 Å². The van der Waals surface area contributed by atoms with Gasteiger partial charge in [-0.05, 0) is 134 Å². The molecule has 1 aromatic heterocycles. The molecule has 0 radical (unpaired) electrons. The van der Waals surface area contributed by atoms with Gasteiger partial charge in [0.05, 0.1) is 11.4 Å². The highest BCUT2D eigenvalue weighted by Gasteiger charge is 2.25. The summed E-state index contributed by atoms with van der Waals surface area (Å²) in [7, 11) is 0. The zero-order valence-electron chi connectivity index (χ0n) is 38.3. The highest BCUT2D eigenvalue weighted by atomic mass is 15.3. The molecule has 1 heterocycles. The van der Waals surface area contributed by atoms with Gasteiger partial charge in [0, 0.05) is 33.8 Å². The maximum Gasteiger partial charge on any atom is 0.238 e. The molecule has 0 spiro atoms. The minimum atomic E-state index is 0.513. The first kappa shape index (κ1) is 41.8. The Bertz CT molecular complexity index is 3240. The fraction of sp³-hybridized carbons (Fsp3) is 0.0984. The van der Waals surface area contributed by atoms with Gasteiger partial charge in [0.15, 0.2) is 11.6 Å². The molecule has 0 atom stereocenters. The molecular weight excluding hydrogens is 803 g/mol. The van der Waals surface area contributed by atoms with Gasteiger partial charge in [-0.25, -0.2) is 4.98 Å². The lowest BCUT2D eigenvalue weighted by Crippen LogP contribution is -2.17. The first-order valence-corrected chi connectivity index (χ1v) is 22.6. The van der Waals surface area contributed by atoms with Gasteiger partial charge in [0.1, 0.15) is 0 Å². The van der Waals surface area contributed by atoms with Crippen molar-refractivity contribution in [3.8, 4) is 45.0 Å². The average molecular weight is 854 g/mol. The lowest BCUT2D eigenvalue weighted by atomic mass is 9.93. The van der Waals surface area contributed by atoms with Gasteiger partial charge >= 0.3 is 0 Å². The molecule has 10 aromatic rings. The van der Waals surface area contributed by atoms with Gasteiger partial charge in [-0.2, -0.15) is 9.97 Å². The summed E-state index contributed by atoms with van der Waals surface area (Å²) in [4.78, 5) is 20.7. The molecule has 0 amide bonds. The van der Waals surface area contributed by atoms with Crippen molar-refractivity contribution in [1.82, 2.24) is 15.0 Å². The van der Waals surface area contributed by atoms with E-state index in [9.17, 15) is 0 Å². The molecule has 0 aliphatic rings. The third kappa shape index (κ3) is 8.12. The van der Waals surface area contributed by atoms with Crippen LogP contribution in [0.3, 0.4) is 0 Å². The number of hydrogen-bond donors (Lipinski definition) is 0. The number of anilines is 6. The Labute approximate surface area is 388 Å². The third-order valence-corrected chi connectivity index (χ3v) is 12.4. The highest BCUT2D eigenvalue weighted by Crippen LogP contribution is 2.45. The Morgan fingerprint density at radius 3 is 1.30 bits per heavy atom. The van der Waals surface area contributed by atoms with E-state index >= 15 is 0 Å². The number of benzene rings is 9. The molecule has 320 valence electrons. The maximum atomic E-state index is 5.46. The molecule has 0 saturated carbocycles. The molecule has 0 saturated heterocycles. The number of aromatic nitrogens is 3. The summed E-state index contributed by atoms with van der Waals surface area (Å²) >= 11 is 0. The highest BCUT2D eigenvalue weighted by molar-refractivity contribution is 6.03. The van der Waals surface area contributed by atoms with Crippen LogP contribution in [0.15, 0.2) is 200 Å². The molecule has 66 heavy (non-hydrogen) atoms. The second kappa shape index (κ2) is 17.8. The second-order valence-electron chi connectivity index (χ2n) is 17.3. The molecule has 0 aliphatic carbocycles. The number of rotatable bonds is 10. The summed E-state index contributed by atoms with van der Waals surface area (Å²) in [5, 5.41) is 2.29. The summed E-state index contributed by atoms with van der Waals surface area (Å²) in [6, 6.07) is 70.8. The van der Waals surface area contributed by atoms with Crippen LogP contribution in [0, 0.1) is 41.5 Å². The quantitative estimate of drug-likeness (QED) is 0.137. The van der Waals surface area contributed by atoms with Crippen LogP contribution in [0.2, 0.25) is 0 Å². The van der Waals surface area contributed by atoms with Crippen molar-refractivity contribution < 1.29 is 0 Å². The van der Waals surface area contributed by atoms with Crippen molar-refractivity contribution in [1.29, 1.82) is 0 Å². The van der Waals surface area contributed by atoms with Gasteiger partial charge in [-0.15, -0.1) is 0 Å². The first-order valence-electron chi connectivity index (χ1n) is 22.6. The number of hydrogen-bond acceptors (Lipinski definition) is 5. The van der Waals surface area contributed by atoms with Gasteiger partial charge < -0.3 is 4.90 Å². The van der Waals surface area contributed by atoms with Gasteiger partial charge in [-0.1, -0.05) is 169 Å². The molecule has 10 rings (SSSR count). The summed E-state index contributed by atoms with van der Waals surface area (Å²) in [5.41, 5.74) is 19.0. The van der Waals surface area contributed by atoms with Gasteiger partial charge in [0.2, 0.25) is 5.95 Å². The van der Waals surface area contributed by atoms with Crippen molar-refractivity contribution in [2.24, 2.45) is 0 Å². The van der Waals surface area contributed by atoms with Crippen LogP contribution < -0.4 is 9.80 Å². The largest absolute Gasteiger partial charge is 0.309 e. The van der Waals surface area contributed by atoms with E-state index in [1.807, 2.05) is 18.2 Å². The van der Waals surface area contributed by atoms with Gasteiger partial charge in [0.25, 0.3) is 0 Å². The van der Waals surface area contributed by atoms with E-state index in [2.05, 4.69) is 233 Å². The Morgan fingerprint density at radius 2 is 0.758 bits per heavy atom. The summed E-state index contributed by atoms with van der Waals surface area (Å²) in [5.74, 6) is 1.69. The number of nitrogens with zero attached hydrogens (tertiary/aromatic N) is 5. The van der Waals surface area contributed by atoms with Crippen LogP contribution in [0.1, 0.15) is 33.4 Å². The zero-order chi connectivity index (χ0) is 45.3. The summed E-state index contributed by atoms with van der Waals surface area (Å²) in [6.07, 6.45) is 0. The molecular formula is C61H51N5. The summed E-state index contributed by atoms with van der Waals surface area (Å²) in [6.45, 7) is 13.2. The molecule has 0 unspecified atom stereocenters. The Kier molecular flexibility index (Phi) is 11.3. The molecule has 0 bridgehead atoms. The Morgan fingerprint density at radius 1 is 0.333 bits per heavy atom. The van der Waals surface area contributed by atoms with Crippen LogP contribution in [-0.4, -0.2) is 15.0 Å². The van der Waals surface area contributed by atoms with E-state index in [0.717, 1.165) is 61.2 Å². The summed E-state index contributed by atoms with van der Waals surface area (Å²) < 4.78 is 0. The molecule has 9 aromatic carbocycles. The minimum Gasteiger partial charge on any atom is -0.309 e. The maximum absolute atomic E-state index is 5.46. The predicted molar refractivity (Wildman–Crippen MR) is 277 cm³/mol. The van der Waals surface area contributed by atoms with E-state index < -0.39 is 0 Å². The minimum absolute atomic E-state index is 0.513. The predicted octanol–water partition coefficient (Wildman–Crippen LogP) is 16.5. The van der Waals surface area contributed by atoms with Crippen molar-refractivity contribution in [3.63, 3.8) is 0 Å². The van der Waals surface area contributed by atoms with E-state index in [-0.39, 0.29) is 0 Å². The molecule has 0 aliphatic heterocycles. The van der Waals surface area contributed by atoms with Crippen molar-refractivity contribution in [2.45, 2.75) is 41.5 Å². The van der Waals surface area contributed by atoms with E-state index in [1.54, 1.807) is 0 Å². The number of aryl methyl sites for hydroxylation is 6. The van der Waals surface area contributed by atoms with E-state index in [4.69, 9.17) is 15.0 Å². The lowest BCUT2D eigenvalue weighted by Gasteiger charge is -2.32. The smallest absolute Gasteiger partial charge is 0.238 e. The monoisotopic (exact) mass is 853 g/mol. The Hall–Kier alpha value is -8.15. The average Bonchev–Trinajstić information content (AvgIpc) is 3.34. The number of fused-ring (bicyclic) bond motifs is 1. The van der Waals surface area contributed by atoms with Gasteiger partial charge in [-0.3, -0.25) is 4.90 Å². The molecule has 0 fully saturated rings. The van der Waals surface area contributed by atoms with Crippen LogP contribution in [-0.2, 0) is 0 Å². The Balaban J connectivity index is 1.19. The van der Waals surface area contributed by atoms with Crippen LogP contribution in [0.25, 0.3) is 55.8 Å². The lowest BCUT2D eigenvalue weighted by molar-refractivity contribution is 1.02. The normalized spacial score (nSPS) is 11.2. The molecule has 5 heteroatoms. The fourth-order valence-corrected chi connectivity index (χ4v) is 9.66. The topological polar surface area (TPSA) is 45.2 Å². The SMILES string of the molecule is Cc1cc(C)c(N(c2ccc(N(c3ccc(-c4ccccc4)cc3)c3nc(-c4ccccc4)nc(-c4ccc5ccccc5c4-c4ccccc4)n3)cc2)c2c(C)cc(C)cc2C)c(C)c1. The second-order valence-corrected chi connectivity index (χ2v) is 17.3. The fourth-order valence-electron chi connectivity index (χ4n) is 9.66. The van der Waals surface area contributed by atoms with Crippen LogP contribution in [0.5, 0.6) is 0 Å². The first-order chi connectivity index (χ1) is 32.2. The van der Waals surface area contributed by atoms with Crippen LogP contribution >= 0.6 is 0 Å². The molecule has 0 N–H and O–H groups in total. The standard InChI is InChI=1S/C61H51N5/c1-40-36-42(3)57(43(4)37-40)66(58-44(5)38-41(2)39-45(58)6)53-33-31-52(32-34-53)65(51-29-26-47(27-30-51)46-18-10-7-11-19-46)61-63-59(50-23-14-9-15-24-50)62-60(64-61)55-35-28-48-20-16-17-25-54(48)56(55)49-21-12-8-13-22-49/h7-39H,1-6H3. The third-order valence-electron chi connectivity index (χ3n) is 12.4. The van der Waals surface area contributed by atoms with Crippen molar-refractivity contribution in [3.05, 3.63) is 234 Å².